The van der Waals surface area contributed by atoms with Gasteiger partial charge in [-0.25, -0.2) is 9.18 Å². The first-order valence-electron chi connectivity index (χ1n) is 6.90. The average Bonchev–Trinajstić information content (AvgIpc) is 2.50. The summed E-state index contributed by atoms with van der Waals surface area (Å²) in [5.41, 5.74) is 0.275. The van der Waals surface area contributed by atoms with Gasteiger partial charge in [-0.1, -0.05) is 12.1 Å². The Morgan fingerprint density at radius 2 is 2.17 bits per heavy atom. The second-order valence-corrected chi connectivity index (χ2v) is 5.07. The molecular weight excluding hydrogens is 311 g/mol. The lowest BCUT2D eigenvalue weighted by atomic mass is 10.0. The number of carboxylic acids is 1. The highest BCUT2D eigenvalue weighted by Gasteiger charge is 2.38. The molecule has 0 radical (unpaired) electrons. The number of aliphatic carboxylic acids is 1. The minimum atomic E-state index is -1.40. The van der Waals surface area contributed by atoms with E-state index in [9.17, 15) is 24.5 Å². The van der Waals surface area contributed by atoms with Gasteiger partial charge < -0.3 is 29.9 Å². The van der Waals surface area contributed by atoms with E-state index in [1.165, 1.54) is 18.2 Å². The van der Waals surface area contributed by atoms with Crippen molar-refractivity contribution in [2.75, 3.05) is 6.61 Å². The van der Waals surface area contributed by atoms with Crippen molar-refractivity contribution in [2.45, 2.75) is 31.0 Å². The minimum absolute atomic E-state index is 0.175. The van der Waals surface area contributed by atoms with Crippen LogP contribution in [0.25, 0.3) is 6.08 Å². The van der Waals surface area contributed by atoms with Crippen LogP contribution in [0, 0.1) is 5.82 Å². The molecule has 7 nitrogen and oxygen atoms in total. The largest absolute Gasteiger partial charge is 0.475 e. The summed E-state index contributed by atoms with van der Waals surface area (Å²) in [6.45, 7) is -0.561. The number of carboxylic acid groups (broad SMARTS) is 1. The Balaban J connectivity index is 2.15. The predicted molar refractivity (Wildman–Crippen MR) is 75.5 cm³/mol. The molecule has 23 heavy (non-hydrogen) atoms. The van der Waals surface area contributed by atoms with Crippen molar-refractivity contribution < 1.29 is 39.1 Å². The van der Waals surface area contributed by atoms with Crippen LogP contribution in [-0.4, -0.2) is 57.6 Å². The standard InChI is InChI=1S/C15H17FO7/c16-9-3-1-2-8(4-9)5-11(15(20)21)22-13-6-10(18)14(19)12(7-17)23-13/h1-5,10,12-14,17-19H,6-7H2,(H,20,21)/b11-5-/t10?,12?,13?,14-/m1/s1. The van der Waals surface area contributed by atoms with Gasteiger partial charge in [0.1, 0.15) is 18.0 Å². The molecule has 0 bridgehead atoms. The quantitative estimate of drug-likeness (QED) is 0.447. The molecule has 2 rings (SSSR count). The van der Waals surface area contributed by atoms with Crippen molar-refractivity contribution >= 4 is 12.0 Å². The maximum Gasteiger partial charge on any atom is 0.371 e. The van der Waals surface area contributed by atoms with Crippen molar-refractivity contribution in [3.63, 3.8) is 0 Å². The molecule has 0 amide bonds. The Morgan fingerprint density at radius 3 is 2.78 bits per heavy atom. The molecule has 8 heteroatoms. The van der Waals surface area contributed by atoms with E-state index >= 15 is 0 Å². The van der Waals surface area contributed by atoms with Crippen LogP contribution in [0.2, 0.25) is 0 Å². The molecule has 0 spiro atoms. The maximum atomic E-state index is 13.1. The van der Waals surface area contributed by atoms with Crippen molar-refractivity contribution in [3.8, 4) is 0 Å². The summed E-state index contributed by atoms with van der Waals surface area (Å²) >= 11 is 0. The summed E-state index contributed by atoms with van der Waals surface area (Å²) in [7, 11) is 0. The zero-order chi connectivity index (χ0) is 17.0. The zero-order valence-electron chi connectivity index (χ0n) is 12.0. The number of aliphatic hydroxyl groups is 3. The molecule has 3 unspecified atom stereocenters. The van der Waals surface area contributed by atoms with Gasteiger partial charge in [0.05, 0.1) is 12.7 Å². The van der Waals surface area contributed by atoms with Crippen molar-refractivity contribution in [1.29, 1.82) is 0 Å². The smallest absolute Gasteiger partial charge is 0.371 e. The molecule has 1 aromatic rings. The van der Waals surface area contributed by atoms with Crippen LogP contribution in [0.3, 0.4) is 0 Å². The van der Waals surface area contributed by atoms with Crippen molar-refractivity contribution in [1.82, 2.24) is 0 Å². The van der Waals surface area contributed by atoms with Crippen LogP contribution in [0.1, 0.15) is 12.0 Å². The first-order valence-corrected chi connectivity index (χ1v) is 6.90. The third kappa shape index (κ3) is 4.49. The van der Waals surface area contributed by atoms with Gasteiger partial charge in [-0.15, -0.1) is 0 Å². The summed E-state index contributed by atoms with van der Waals surface area (Å²) in [4.78, 5) is 11.3. The predicted octanol–water partition coefficient (Wildman–Crippen LogP) is 0.0969. The minimum Gasteiger partial charge on any atom is -0.475 e. The maximum absolute atomic E-state index is 13.1. The molecule has 4 atom stereocenters. The molecule has 126 valence electrons. The van der Waals surface area contributed by atoms with E-state index in [0.29, 0.717) is 0 Å². The first-order chi connectivity index (χ1) is 10.9. The lowest BCUT2D eigenvalue weighted by molar-refractivity contribution is -0.246. The molecule has 1 aliphatic heterocycles. The monoisotopic (exact) mass is 328 g/mol. The summed E-state index contributed by atoms with van der Waals surface area (Å²) in [5, 5.41) is 37.5. The number of halogens is 1. The molecule has 0 saturated carbocycles. The lowest BCUT2D eigenvalue weighted by Crippen LogP contribution is -2.50. The molecule has 0 aromatic heterocycles. The van der Waals surface area contributed by atoms with E-state index in [2.05, 4.69) is 0 Å². The van der Waals surface area contributed by atoms with Crippen LogP contribution in [-0.2, 0) is 14.3 Å². The highest BCUT2D eigenvalue weighted by molar-refractivity contribution is 5.89. The second kappa shape index (κ2) is 7.51. The van der Waals surface area contributed by atoms with Gasteiger partial charge in [0.15, 0.2) is 0 Å². The van der Waals surface area contributed by atoms with Crippen molar-refractivity contribution in [3.05, 3.63) is 41.4 Å². The van der Waals surface area contributed by atoms with E-state index in [-0.39, 0.29) is 12.0 Å². The number of rotatable bonds is 5. The molecule has 1 aromatic carbocycles. The SMILES string of the molecule is O=C(O)/C(=C/c1cccc(F)c1)OC1CC(O)[C@@H](O)C(CO)O1. The zero-order valence-corrected chi connectivity index (χ0v) is 12.0. The summed E-state index contributed by atoms with van der Waals surface area (Å²) in [5.74, 6) is -2.45. The van der Waals surface area contributed by atoms with E-state index in [4.69, 9.17) is 14.6 Å². The Morgan fingerprint density at radius 1 is 1.43 bits per heavy atom. The highest BCUT2D eigenvalue weighted by Crippen LogP contribution is 2.23. The van der Waals surface area contributed by atoms with Crippen molar-refractivity contribution in [2.24, 2.45) is 0 Å². The third-order valence-electron chi connectivity index (χ3n) is 3.33. The lowest BCUT2D eigenvalue weighted by Gasteiger charge is -2.36. The van der Waals surface area contributed by atoms with Gasteiger partial charge in [0, 0.05) is 6.42 Å². The molecule has 1 aliphatic rings. The van der Waals surface area contributed by atoms with Crippen LogP contribution in [0.15, 0.2) is 30.0 Å². The van der Waals surface area contributed by atoms with Gasteiger partial charge in [-0.2, -0.15) is 0 Å². The van der Waals surface area contributed by atoms with E-state index in [0.717, 1.165) is 12.1 Å². The molecule has 1 heterocycles. The summed E-state index contributed by atoms with van der Waals surface area (Å²) < 4.78 is 23.5. The Hall–Kier alpha value is -2.00. The highest BCUT2D eigenvalue weighted by atomic mass is 19.1. The fraction of sp³-hybridized carbons (Fsp3) is 0.400. The normalized spacial score (nSPS) is 28.4. The number of hydrogen-bond donors (Lipinski definition) is 4. The Bertz CT molecular complexity index is 589. The average molecular weight is 328 g/mol. The topological polar surface area (TPSA) is 116 Å². The Labute approximate surface area is 131 Å². The molecular formula is C15H17FO7. The Kier molecular flexibility index (Phi) is 5.67. The van der Waals surface area contributed by atoms with Crippen LogP contribution in [0.5, 0.6) is 0 Å². The molecule has 1 saturated heterocycles. The fourth-order valence-electron chi connectivity index (χ4n) is 2.18. The number of ether oxygens (including phenoxy) is 2. The van der Waals surface area contributed by atoms with Gasteiger partial charge >= 0.3 is 5.97 Å². The number of hydrogen-bond acceptors (Lipinski definition) is 6. The van der Waals surface area contributed by atoms with E-state index < -0.39 is 48.8 Å². The fourth-order valence-corrected chi connectivity index (χ4v) is 2.18. The number of carbonyl (C=O) groups is 1. The number of benzene rings is 1. The molecule has 4 N–H and O–H groups in total. The first kappa shape index (κ1) is 17.4. The van der Waals surface area contributed by atoms with E-state index in [1.54, 1.807) is 0 Å². The van der Waals surface area contributed by atoms with E-state index in [1.807, 2.05) is 0 Å². The van der Waals surface area contributed by atoms with Crippen LogP contribution >= 0.6 is 0 Å². The van der Waals surface area contributed by atoms with Gasteiger partial charge in [-0.05, 0) is 23.8 Å². The second-order valence-electron chi connectivity index (χ2n) is 5.07. The van der Waals surface area contributed by atoms with Gasteiger partial charge in [0.2, 0.25) is 12.0 Å². The molecule has 0 aliphatic carbocycles. The van der Waals surface area contributed by atoms with Crippen LogP contribution in [0.4, 0.5) is 4.39 Å². The summed E-state index contributed by atoms with van der Waals surface area (Å²) in [6, 6.07) is 5.25. The molecule has 1 fully saturated rings. The van der Waals surface area contributed by atoms with Gasteiger partial charge in [0.25, 0.3) is 0 Å². The van der Waals surface area contributed by atoms with Crippen LogP contribution < -0.4 is 0 Å². The summed E-state index contributed by atoms with van der Waals surface area (Å²) in [6.07, 6.45) is -3.84. The van der Waals surface area contributed by atoms with Gasteiger partial charge in [-0.3, -0.25) is 0 Å². The third-order valence-corrected chi connectivity index (χ3v) is 3.33. The number of aliphatic hydroxyl groups excluding tert-OH is 3.